The van der Waals surface area contributed by atoms with Gasteiger partial charge in [-0.25, -0.2) is 0 Å². The molecule has 0 bridgehead atoms. The number of hydrogen-bond acceptors (Lipinski definition) is 5. The number of methoxy groups -OCH3 is 1. The zero-order valence-electron chi connectivity index (χ0n) is 12.9. The Morgan fingerprint density at radius 3 is 2.91 bits per heavy atom. The summed E-state index contributed by atoms with van der Waals surface area (Å²) in [6, 6.07) is 11.0. The summed E-state index contributed by atoms with van der Waals surface area (Å²) >= 11 is 0. The van der Waals surface area contributed by atoms with Gasteiger partial charge in [0.1, 0.15) is 19.0 Å². The average Bonchev–Trinajstić information content (AvgIpc) is 3.04. The van der Waals surface area contributed by atoms with Crippen molar-refractivity contribution < 1.29 is 14.7 Å². The van der Waals surface area contributed by atoms with Crippen LogP contribution in [0.4, 0.5) is 0 Å². The number of aromatic amines is 1. The Labute approximate surface area is 133 Å². The topological polar surface area (TPSA) is 79.7 Å². The van der Waals surface area contributed by atoms with Crippen molar-refractivity contribution in [2.75, 3.05) is 14.2 Å². The molecule has 2 N–H and O–H groups in total. The lowest BCUT2D eigenvalue weighted by atomic mass is 10.1. The second-order valence-corrected chi connectivity index (χ2v) is 4.98. The summed E-state index contributed by atoms with van der Waals surface area (Å²) in [6.07, 6.45) is 2.49. The molecule has 0 amide bonds. The second kappa shape index (κ2) is 6.50. The molecule has 6 heteroatoms. The molecule has 0 radical (unpaired) electrons. The largest absolute Gasteiger partial charge is 0.497 e. The van der Waals surface area contributed by atoms with Gasteiger partial charge in [-0.15, -0.1) is 0 Å². The van der Waals surface area contributed by atoms with Gasteiger partial charge < -0.3 is 19.7 Å². The van der Waals surface area contributed by atoms with Gasteiger partial charge in [-0.2, -0.15) is 0 Å². The minimum absolute atomic E-state index is 0.652. The fourth-order valence-electron chi connectivity index (χ4n) is 2.42. The molecule has 0 saturated heterocycles. The van der Waals surface area contributed by atoms with Crippen LogP contribution in [0, 0.1) is 0 Å². The van der Waals surface area contributed by atoms with E-state index in [-0.39, 0.29) is 0 Å². The van der Waals surface area contributed by atoms with Gasteiger partial charge in [0.25, 0.3) is 0 Å². The van der Waals surface area contributed by atoms with Crippen LogP contribution < -0.4 is 4.74 Å². The predicted molar refractivity (Wildman–Crippen MR) is 87.8 cm³/mol. The van der Waals surface area contributed by atoms with Gasteiger partial charge in [0, 0.05) is 11.8 Å². The van der Waals surface area contributed by atoms with Gasteiger partial charge >= 0.3 is 0 Å². The number of aliphatic hydroxyl groups excluding tert-OH is 1. The molecule has 3 rings (SSSR count). The van der Waals surface area contributed by atoms with Crippen molar-refractivity contribution in [2.45, 2.75) is 6.10 Å². The van der Waals surface area contributed by atoms with Crippen LogP contribution in [0.3, 0.4) is 0 Å². The Hall–Kier alpha value is -2.86. The highest BCUT2D eigenvalue weighted by molar-refractivity contribution is 5.96. The van der Waals surface area contributed by atoms with Gasteiger partial charge in [0.2, 0.25) is 0 Å². The minimum Gasteiger partial charge on any atom is -0.497 e. The number of pyridine rings is 1. The third-order valence-electron chi connectivity index (χ3n) is 3.58. The zero-order chi connectivity index (χ0) is 16.2. The molecule has 0 spiro atoms. The van der Waals surface area contributed by atoms with E-state index in [1.807, 2.05) is 30.3 Å². The third-order valence-corrected chi connectivity index (χ3v) is 3.58. The summed E-state index contributed by atoms with van der Waals surface area (Å²) in [7, 11) is 3.08. The summed E-state index contributed by atoms with van der Waals surface area (Å²) in [4.78, 5) is 12.2. The van der Waals surface area contributed by atoms with E-state index in [2.05, 4.69) is 15.1 Å². The Balaban J connectivity index is 2.01. The van der Waals surface area contributed by atoms with Gasteiger partial charge in [-0.05, 0) is 29.8 Å². The van der Waals surface area contributed by atoms with Crippen molar-refractivity contribution >= 4 is 17.2 Å². The second-order valence-electron chi connectivity index (χ2n) is 4.98. The van der Waals surface area contributed by atoms with E-state index in [9.17, 15) is 5.11 Å². The summed E-state index contributed by atoms with van der Waals surface area (Å²) in [5, 5.41) is 14.4. The first-order valence-electron chi connectivity index (χ1n) is 7.09. The fraction of sp³-hybridized carbons (Fsp3) is 0.176. The summed E-state index contributed by atoms with van der Waals surface area (Å²) in [5.74, 6) is 0.698. The smallest absolute Gasteiger partial charge is 0.119 e. The normalized spacial score (nSPS) is 12.7. The average molecular weight is 311 g/mol. The molecule has 0 fully saturated rings. The van der Waals surface area contributed by atoms with E-state index >= 15 is 0 Å². The first-order chi connectivity index (χ1) is 11.2. The maximum atomic E-state index is 10.6. The molecule has 6 nitrogen and oxygen atoms in total. The summed E-state index contributed by atoms with van der Waals surface area (Å²) in [6.45, 7) is 0. The minimum atomic E-state index is -0.800. The molecule has 23 heavy (non-hydrogen) atoms. The quantitative estimate of drug-likeness (QED) is 0.561. The highest BCUT2D eigenvalue weighted by Crippen LogP contribution is 2.27. The van der Waals surface area contributed by atoms with Crippen LogP contribution in [0.1, 0.15) is 22.9 Å². The SMILES string of the molecule is CON=Cc1ccnc2cc(C(O)c3cccc(OC)c3)[nH]c12. The van der Waals surface area contributed by atoms with Gasteiger partial charge in [0.15, 0.2) is 0 Å². The van der Waals surface area contributed by atoms with Crippen LogP contribution in [0.2, 0.25) is 0 Å². The van der Waals surface area contributed by atoms with Crippen molar-refractivity contribution in [3.63, 3.8) is 0 Å². The lowest BCUT2D eigenvalue weighted by Crippen LogP contribution is -2.00. The third kappa shape index (κ3) is 3.02. The molecule has 0 aliphatic rings. The molecule has 3 aromatic rings. The monoisotopic (exact) mass is 311 g/mol. The van der Waals surface area contributed by atoms with Crippen molar-refractivity contribution in [2.24, 2.45) is 5.16 Å². The van der Waals surface area contributed by atoms with Crippen LogP contribution in [-0.2, 0) is 4.84 Å². The van der Waals surface area contributed by atoms with E-state index in [0.29, 0.717) is 11.4 Å². The number of aliphatic hydroxyl groups is 1. The number of H-pyrrole nitrogens is 1. The molecule has 2 heterocycles. The number of oxime groups is 1. The lowest BCUT2D eigenvalue weighted by Gasteiger charge is -2.10. The van der Waals surface area contributed by atoms with E-state index in [0.717, 1.165) is 22.2 Å². The fourth-order valence-corrected chi connectivity index (χ4v) is 2.42. The Kier molecular flexibility index (Phi) is 4.25. The highest BCUT2D eigenvalue weighted by Gasteiger charge is 2.15. The molecular weight excluding hydrogens is 294 g/mol. The number of aromatic nitrogens is 2. The standard InChI is InChI=1S/C17H17N3O3/c1-22-13-5-3-4-11(8-13)17(21)15-9-14-16(20-15)12(6-7-18-14)10-19-23-2/h3-10,17,20-21H,1-2H3. The number of benzene rings is 1. The van der Waals surface area contributed by atoms with Crippen molar-refractivity contribution in [1.29, 1.82) is 0 Å². The molecule has 0 saturated carbocycles. The van der Waals surface area contributed by atoms with Crippen molar-refractivity contribution in [1.82, 2.24) is 9.97 Å². The molecule has 1 atom stereocenters. The number of hydrogen-bond donors (Lipinski definition) is 2. The Morgan fingerprint density at radius 1 is 1.26 bits per heavy atom. The van der Waals surface area contributed by atoms with Gasteiger partial charge in [-0.1, -0.05) is 17.3 Å². The number of nitrogens with zero attached hydrogens (tertiary/aromatic N) is 2. The highest BCUT2D eigenvalue weighted by atomic mass is 16.6. The molecule has 0 aliphatic carbocycles. The Morgan fingerprint density at radius 2 is 2.13 bits per heavy atom. The van der Waals surface area contributed by atoms with E-state index in [4.69, 9.17) is 9.57 Å². The van der Waals surface area contributed by atoms with Crippen LogP contribution in [0.15, 0.2) is 47.8 Å². The summed E-state index contributed by atoms with van der Waals surface area (Å²) < 4.78 is 5.20. The van der Waals surface area contributed by atoms with Crippen molar-refractivity contribution in [3.05, 3.63) is 59.4 Å². The molecule has 2 aromatic heterocycles. The number of nitrogens with one attached hydrogen (secondary N) is 1. The first-order valence-corrected chi connectivity index (χ1v) is 7.09. The van der Waals surface area contributed by atoms with Crippen LogP contribution in [0.5, 0.6) is 5.75 Å². The molecule has 0 aliphatic heterocycles. The summed E-state index contributed by atoms with van der Waals surface area (Å²) in [5.41, 5.74) is 3.77. The van der Waals surface area contributed by atoms with Gasteiger partial charge in [-0.3, -0.25) is 4.98 Å². The molecule has 1 aromatic carbocycles. The zero-order valence-corrected chi connectivity index (χ0v) is 12.9. The van der Waals surface area contributed by atoms with Crippen LogP contribution in [-0.4, -0.2) is 35.5 Å². The molecule has 1 unspecified atom stereocenters. The first kappa shape index (κ1) is 15.1. The van der Waals surface area contributed by atoms with E-state index in [1.165, 1.54) is 7.11 Å². The predicted octanol–water partition coefficient (Wildman–Crippen LogP) is 2.63. The van der Waals surface area contributed by atoms with E-state index < -0.39 is 6.10 Å². The van der Waals surface area contributed by atoms with Crippen molar-refractivity contribution in [3.8, 4) is 5.75 Å². The lowest BCUT2D eigenvalue weighted by molar-refractivity contribution is 0.215. The number of fused-ring (bicyclic) bond motifs is 1. The Bertz CT molecular complexity index is 842. The number of ether oxygens (including phenoxy) is 1. The number of rotatable bonds is 5. The maximum Gasteiger partial charge on any atom is 0.119 e. The maximum absolute atomic E-state index is 10.6. The van der Waals surface area contributed by atoms with E-state index in [1.54, 1.807) is 25.6 Å². The van der Waals surface area contributed by atoms with Crippen LogP contribution >= 0.6 is 0 Å². The van der Waals surface area contributed by atoms with Crippen LogP contribution in [0.25, 0.3) is 11.0 Å². The molecular formula is C17H17N3O3. The van der Waals surface area contributed by atoms with Gasteiger partial charge in [0.05, 0.1) is 30.1 Å². The molecule has 118 valence electrons.